The van der Waals surface area contributed by atoms with Gasteiger partial charge in [0.25, 0.3) is 0 Å². The maximum atomic E-state index is 4.19. The van der Waals surface area contributed by atoms with Gasteiger partial charge in [0.1, 0.15) is 0 Å². The average Bonchev–Trinajstić information content (AvgIpc) is 2.70. The number of rotatable bonds is 7. The van der Waals surface area contributed by atoms with Crippen LogP contribution < -0.4 is 5.32 Å². The summed E-state index contributed by atoms with van der Waals surface area (Å²) in [6, 6.07) is 0.552. The van der Waals surface area contributed by atoms with E-state index in [-0.39, 0.29) is 0 Å². The van der Waals surface area contributed by atoms with Crippen LogP contribution >= 0.6 is 0 Å². The molecule has 0 aromatic carbocycles. The summed E-state index contributed by atoms with van der Waals surface area (Å²) in [4.78, 5) is 2.58. The summed E-state index contributed by atoms with van der Waals surface area (Å²) in [6.45, 7) is 17.8. The van der Waals surface area contributed by atoms with Gasteiger partial charge in [0.2, 0.25) is 0 Å². The monoisotopic (exact) mass is 238 g/mol. The third-order valence-electron chi connectivity index (χ3n) is 4.22. The highest BCUT2D eigenvalue weighted by molar-refractivity contribution is 5.02. The Morgan fingerprint density at radius 3 is 2.47 bits per heavy atom. The zero-order valence-electron chi connectivity index (χ0n) is 12.2. The summed E-state index contributed by atoms with van der Waals surface area (Å²) in [7, 11) is 0. The first-order valence-electron chi connectivity index (χ1n) is 7.13. The Hall–Kier alpha value is -0.340. The van der Waals surface area contributed by atoms with Gasteiger partial charge in [0.05, 0.1) is 0 Å². The molecule has 0 aliphatic carbocycles. The lowest BCUT2D eigenvalue weighted by molar-refractivity contribution is 0.248. The molecule has 0 aromatic heterocycles. The summed E-state index contributed by atoms with van der Waals surface area (Å²) < 4.78 is 0. The minimum atomic E-state index is 0.552. The Kier molecular flexibility index (Phi) is 5.68. The molecule has 17 heavy (non-hydrogen) atoms. The molecule has 0 aromatic rings. The van der Waals surface area contributed by atoms with Crippen molar-refractivity contribution in [2.24, 2.45) is 5.41 Å². The fraction of sp³-hybridized carbons (Fsp3) is 0.867. The van der Waals surface area contributed by atoms with Crippen molar-refractivity contribution < 1.29 is 0 Å². The van der Waals surface area contributed by atoms with E-state index in [9.17, 15) is 0 Å². The molecule has 1 heterocycles. The molecular weight excluding hydrogens is 208 g/mol. The fourth-order valence-electron chi connectivity index (χ4n) is 2.71. The summed E-state index contributed by atoms with van der Waals surface area (Å²) in [6.07, 6.45) is 4.00. The molecule has 2 heteroatoms. The van der Waals surface area contributed by atoms with Crippen molar-refractivity contribution in [2.45, 2.75) is 53.0 Å². The first-order chi connectivity index (χ1) is 8.01. The Balaban J connectivity index is 2.32. The number of hydrogen-bond donors (Lipinski definition) is 1. The normalized spacial score (nSPS) is 20.1. The van der Waals surface area contributed by atoms with Crippen LogP contribution in [0.3, 0.4) is 0 Å². The van der Waals surface area contributed by atoms with Gasteiger partial charge >= 0.3 is 0 Å². The van der Waals surface area contributed by atoms with Gasteiger partial charge in [-0.05, 0) is 36.8 Å². The Labute approximate surface area is 107 Å². The molecule has 0 unspecified atom stereocenters. The maximum absolute atomic E-state index is 4.19. The van der Waals surface area contributed by atoms with Crippen molar-refractivity contribution in [1.82, 2.24) is 10.2 Å². The maximum Gasteiger partial charge on any atom is 0.0203 e. The molecule has 2 nitrogen and oxygen atoms in total. The van der Waals surface area contributed by atoms with E-state index in [2.05, 4.69) is 44.5 Å². The van der Waals surface area contributed by atoms with E-state index in [1.807, 2.05) is 0 Å². The van der Waals surface area contributed by atoms with Gasteiger partial charge in [-0.3, -0.25) is 4.90 Å². The Morgan fingerprint density at radius 2 is 2.00 bits per heavy atom. The second-order valence-corrected chi connectivity index (χ2v) is 5.95. The minimum Gasteiger partial charge on any atom is -0.311 e. The standard InChI is InChI=1S/C15H30N2/c1-6-15(7-2)8-9-17(12-15)11-14(5)10-16-13(3)4/h13,16H,5-12H2,1-4H3. The lowest BCUT2D eigenvalue weighted by Gasteiger charge is -2.27. The zero-order chi connectivity index (χ0) is 12.9. The summed E-state index contributed by atoms with van der Waals surface area (Å²) >= 11 is 0. The van der Waals surface area contributed by atoms with Crippen LogP contribution in [0.4, 0.5) is 0 Å². The lowest BCUT2D eigenvalue weighted by atomic mass is 9.82. The van der Waals surface area contributed by atoms with Gasteiger partial charge < -0.3 is 5.32 Å². The Morgan fingerprint density at radius 1 is 1.35 bits per heavy atom. The molecular formula is C15H30N2. The number of nitrogens with zero attached hydrogens (tertiary/aromatic N) is 1. The minimum absolute atomic E-state index is 0.552. The van der Waals surface area contributed by atoms with Gasteiger partial charge in [-0.2, -0.15) is 0 Å². The van der Waals surface area contributed by atoms with E-state index in [4.69, 9.17) is 0 Å². The van der Waals surface area contributed by atoms with Crippen LogP contribution in [0, 0.1) is 5.41 Å². The molecule has 0 spiro atoms. The molecule has 1 saturated heterocycles. The third-order valence-corrected chi connectivity index (χ3v) is 4.22. The van der Waals surface area contributed by atoms with Crippen LogP contribution in [0.2, 0.25) is 0 Å². The zero-order valence-corrected chi connectivity index (χ0v) is 12.2. The van der Waals surface area contributed by atoms with Crippen LogP contribution in [0.15, 0.2) is 12.2 Å². The molecule has 1 fully saturated rings. The highest BCUT2D eigenvalue weighted by Crippen LogP contribution is 2.36. The molecule has 0 amide bonds. The van der Waals surface area contributed by atoms with Gasteiger partial charge in [-0.1, -0.05) is 34.3 Å². The second-order valence-electron chi connectivity index (χ2n) is 5.95. The van der Waals surface area contributed by atoms with Gasteiger partial charge in [0, 0.05) is 25.7 Å². The highest BCUT2D eigenvalue weighted by atomic mass is 15.2. The van der Waals surface area contributed by atoms with E-state index in [1.54, 1.807) is 0 Å². The van der Waals surface area contributed by atoms with E-state index in [1.165, 1.54) is 37.9 Å². The predicted molar refractivity (Wildman–Crippen MR) is 76.4 cm³/mol. The third kappa shape index (κ3) is 4.44. The largest absolute Gasteiger partial charge is 0.311 e. The van der Waals surface area contributed by atoms with Crippen LogP contribution in [0.1, 0.15) is 47.0 Å². The molecule has 1 rings (SSSR count). The predicted octanol–water partition coefficient (Wildman–Crippen LogP) is 3.05. The van der Waals surface area contributed by atoms with Gasteiger partial charge in [-0.15, -0.1) is 0 Å². The SMILES string of the molecule is C=C(CNC(C)C)CN1CCC(CC)(CC)C1. The molecule has 1 aliphatic rings. The van der Waals surface area contributed by atoms with E-state index in [0.717, 1.165) is 13.1 Å². The molecule has 0 radical (unpaired) electrons. The quantitative estimate of drug-likeness (QED) is 0.686. The molecule has 0 bridgehead atoms. The van der Waals surface area contributed by atoms with Crippen molar-refractivity contribution in [3.05, 3.63) is 12.2 Å². The number of likely N-dealkylation sites (tertiary alicyclic amines) is 1. The molecule has 0 saturated carbocycles. The first-order valence-corrected chi connectivity index (χ1v) is 7.13. The van der Waals surface area contributed by atoms with Crippen molar-refractivity contribution in [3.8, 4) is 0 Å². The van der Waals surface area contributed by atoms with Crippen LogP contribution in [0.25, 0.3) is 0 Å². The lowest BCUT2D eigenvalue weighted by Crippen LogP contribution is -2.32. The highest BCUT2D eigenvalue weighted by Gasteiger charge is 2.34. The smallest absolute Gasteiger partial charge is 0.0203 e. The van der Waals surface area contributed by atoms with Gasteiger partial charge in [0.15, 0.2) is 0 Å². The molecule has 100 valence electrons. The van der Waals surface area contributed by atoms with E-state index in [0.29, 0.717) is 11.5 Å². The van der Waals surface area contributed by atoms with Crippen LogP contribution in [0.5, 0.6) is 0 Å². The van der Waals surface area contributed by atoms with E-state index < -0.39 is 0 Å². The average molecular weight is 238 g/mol. The summed E-state index contributed by atoms with van der Waals surface area (Å²) in [5.41, 5.74) is 1.91. The van der Waals surface area contributed by atoms with Crippen LogP contribution in [-0.2, 0) is 0 Å². The van der Waals surface area contributed by atoms with Crippen molar-refractivity contribution >= 4 is 0 Å². The second kappa shape index (κ2) is 6.55. The van der Waals surface area contributed by atoms with Gasteiger partial charge in [-0.25, -0.2) is 0 Å². The summed E-state index contributed by atoms with van der Waals surface area (Å²) in [5, 5.41) is 3.44. The summed E-state index contributed by atoms with van der Waals surface area (Å²) in [5.74, 6) is 0. The topological polar surface area (TPSA) is 15.3 Å². The van der Waals surface area contributed by atoms with Crippen LogP contribution in [-0.4, -0.2) is 37.1 Å². The molecule has 1 aliphatic heterocycles. The van der Waals surface area contributed by atoms with Crippen molar-refractivity contribution in [3.63, 3.8) is 0 Å². The number of hydrogen-bond acceptors (Lipinski definition) is 2. The Bertz CT molecular complexity index is 241. The van der Waals surface area contributed by atoms with Crippen molar-refractivity contribution in [1.29, 1.82) is 0 Å². The fourth-order valence-corrected chi connectivity index (χ4v) is 2.71. The molecule has 0 atom stereocenters. The van der Waals surface area contributed by atoms with E-state index >= 15 is 0 Å². The number of nitrogens with one attached hydrogen (secondary N) is 1. The first kappa shape index (κ1) is 14.7. The van der Waals surface area contributed by atoms with Crippen molar-refractivity contribution in [2.75, 3.05) is 26.2 Å². The molecule has 1 N–H and O–H groups in total.